The van der Waals surface area contributed by atoms with Crippen LogP contribution in [0.5, 0.6) is 0 Å². The Balaban J connectivity index is 2.42. The minimum Gasteiger partial charge on any atom is -0.391 e. The maximum atomic E-state index is 11.6. The van der Waals surface area contributed by atoms with Crippen molar-refractivity contribution in [3.8, 4) is 0 Å². The summed E-state index contributed by atoms with van der Waals surface area (Å²) < 4.78 is 0. The Morgan fingerprint density at radius 3 is 2.81 bits per heavy atom. The molecule has 1 N–H and O–H groups in total. The minimum absolute atomic E-state index is 0.111. The number of hydrogen-bond acceptors (Lipinski definition) is 3. The summed E-state index contributed by atoms with van der Waals surface area (Å²) in [5, 5.41) is 10.2. The lowest BCUT2D eigenvalue weighted by molar-refractivity contribution is -0.117. The van der Waals surface area contributed by atoms with Gasteiger partial charge in [-0.3, -0.25) is 9.69 Å². The Hall–Kier alpha value is -0.840. The Labute approximate surface area is 103 Å². The van der Waals surface area contributed by atoms with E-state index in [1.165, 1.54) is 11.1 Å². The normalized spacial score (nSPS) is 20.6. The number of halogens is 2. The molecule has 2 rings (SSSR count). The van der Waals surface area contributed by atoms with Gasteiger partial charge in [0.1, 0.15) is 0 Å². The Bertz CT molecular complexity index is 451. The lowest BCUT2D eigenvalue weighted by atomic mass is 10.3. The topological polar surface area (TPSA) is 53.4 Å². The molecule has 0 aliphatic carbocycles. The highest BCUT2D eigenvalue weighted by atomic mass is 35.5. The van der Waals surface area contributed by atoms with Crippen LogP contribution in [0.1, 0.15) is 12.0 Å². The van der Waals surface area contributed by atoms with Crippen LogP contribution in [0.25, 0.3) is 0 Å². The van der Waals surface area contributed by atoms with Crippen molar-refractivity contribution in [2.45, 2.75) is 19.4 Å². The van der Waals surface area contributed by atoms with Gasteiger partial charge in [-0.25, -0.2) is 4.98 Å². The van der Waals surface area contributed by atoms with E-state index in [0.717, 1.165) is 0 Å². The molecular formula is C10H10Cl2N2O2. The SMILES string of the molecule is Cc1c(Cl)cnc(N2CC(O)CC2=O)c1Cl. The Morgan fingerprint density at radius 1 is 1.56 bits per heavy atom. The highest BCUT2D eigenvalue weighted by Crippen LogP contribution is 2.32. The van der Waals surface area contributed by atoms with E-state index in [1.807, 2.05) is 0 Å². The van der Waals surface area contributed by atoms with Crippen LogP contribution in [-0.2, 0) is 4.79 Å². The monoisotopic (exact) mass is 260 g/mol. The third-order valence-corrected chi connectivity index (χ3v) is 3.38. The summed E-state index contributed by atoms with van der Waals surface area (Å²) in [5.74, 6) is 0.189. The Kier molecular flexibility index (Phi) is 3.06. The van der Waals surface area contributed by atoms with Gasteiger partial charge in [0, 0.05) is 6.20 Å². The molecule has 1 aromatic heterocycles. The molecule has 86 valence electrons. The van der Waals surface area contributed by atoms with Crippen LogP contribution in [0.15, 0.2) is 6.20 Å². The second-order valence-corrected chi connectivity index (χ2v) is 4.52. The molecule has 1 fully saturated rings. The second-order valence-electron chi connectivity index (χ2n) is 3.73. The van der Waals surface area contributed by atoms with E-state index in [2.05, 4.69) is 4.98 Å². The van der Waals surface area contributed by atoms with Crippen molar-refractivity contribution >= 4 is 34.9 Å². The van der Waals surface area contributed by atoms with Gasteiger partial charge in [-0.1, -0.05) is 23.2 Å². The molecule has 1 aliphatic rings. The fourth-order valence-electron chi connectivity index (χ4n) is 1.63. The van der Waals surface area contributed by atoms with Crippen LogP contribution in [0.3, 0.4) is 0 Å². The van der Waals surface area contributed by atoms with Gasteiger partial charge in [0.25, 0.3) is 0 Å². The van der Waals surface area contributed by atoms with Crippen LogP contribution >= 0.6 is 23.2 Å². The molecule has 0 saturated carbocycles. The number of nitrogens with zero attached hydrogens (tertiary/aromatic N) is 2. The highest BCUT2D eigenvalue weighted by Gasteiger charge is 2.31. The maximum absolute atomic E-state index is 11.6. The summed E-state index contributed by atoms with van der Waals surface area (Å²) in [6.45, 7) is 1.99. The molecule has 1 atom stereocenters. The van der Waals surface area contributed by atoms with Crippen molar-refractivity contribution in [3.63, 3.8) is 0 Å². The van der Waals surface area contributed by atoms with Crippen molar-refractivity contribution in [3.05, 3.63) is 21.8 Å². The molecule has 1 amide bonds. The van der Waals surface area contributed by atoms with Crippen molar-refractivity contribution in [2.75, 3.05) is 11.4 Å². The number of rotatable bonds is 1. The zero-order valence-electron chi connectivity index (χ0n) is 8.57. The number of anilines is 1. The van der Waals surface area contributed by atoms with Gasteiger partial charge in [0.2, 0.25) is 5.91 Å². The number of carbonyl (C=O) groups is 1. The van der Waals surface area contributed by atoms with Crippen LogP contribution in [0, 0.1) is 6.92 Å². The first-order valence-electron chi connectivity index (χ1n) is 4.79. The highest BCUT2D eigenvalue weighted by molar-refractivity contribution is 6.37. The molecule has 1 aromatic rings. The largest absolute Gasteiger partial charge is 0.391 e. The van der Waals surface area contributed by atoms with Crippen LogP contribution in [-0.4, -0.2) is 28.6 Å². The second kappa shape index (κ2) is 4.20. The molecule has 0 radical (unpaired) electrons. The molecule has 1 aliphatic heterocycles. The zero-order chi connectivity index (χ0) is 11.9. The molecule has 6 heteroatoms. The number of aromatic nitrogens is 1. The van der Waals surface area contributed by atoms with Gasteiger partial charge in [0.15, 0.2) is 5.82 Å². The zero-order valence-corrected chi connectivity index (χ0v) is 10.1. The maximum Gasteiger partial charge on any atom is 0.230 e. The fourth-order valence-corrected chi connectivity index (χ4v) is 2.07. The lowest BCUT2D eigenvalue weighted by Gasteiger charge is -2.17. The number of pyridine rings is 1. The number of hydrogen-bond donors (Lipinski definition) is 1. The fraction of sp³-hybridized carbons (Fsp3) is 0.400. The standard InChI is InChI=1S/C10H10Cl2N2O2/c1-5-7(11)3-13-10(9(5)12)14-4-6(15)2-8(14)16/h3,6,15H,2,4H2,1H3. The summed E-state index contributed by atoms with van der Waals surface area (Å²) in [6.07, 6.45) is 0.914. The van der Waals surface area contributed by atoms with Gasteiger partial charge in [-0.15, -0.1) is 0 Å². The van der Waals surface area contributed by atoms with Gasteiger partial charge in [-0.2, -0.15) is 0 Å². The van der Waals surface area contributed by atoms with Crippen molar-refractivity contribution in [1.29, 1.82) is 0 Å². The summed E-state index contributed by atoms with van der Waals surface area (Å²) in [5.41, 5.74) is 0.683. The predicted octanol–water partition coefficient (Wildman–Crippen LogP) is 1.79. The number of amides is 1. The van der Waals surface area contributed by atoms with Crippen molar-refractivity contribution in [2.24, 2.45) is 0 Å². The number of aliphatic hydroxyl groups excluding tert-OH is 1. The summed E-state index contributed by atoms with van der Waals surface area (Å²) in [6, 6.07) is 0. The summed E-state index contributed by atoms with van der Waals surface area (Å²) in [4.78, 5) is 17.0. The van der Waals surface area contributed by atoms with Gasteiger partial charge >= 0.3 is 0 Å². The molecule has 0 spiro atoms. The van der Waals surface area contributed by atoms with Crippen molar-refractivity contribution < 1.29 is 9.90 Å². The molecule has 0 bridgehead atoms. The van der Waals surface area contributed by atoms with E-state index in [1.54, 1.807) is 6.92 Å². The van der Waals surface area contributed by atoms with E-state index in [4.69, 9.17) is 23.2 Å². The van der Waals surface area contributed by atoms with Gasteiger partial charge in [-0.05, 0) is 12.5 Å². The first-order chi connectivity index (χ1) is 7.50. The van der Waals surface area contributed by atoms with E-state index < -0.39 is 6.10 Å². The first-order valence-corrected chi connectivity index (χ1v) is 5.55. The average molecular weight is 261 g/mol. The summed E-state index contributed by atoms with van der Waals surface area (Å²) in [7, 11) is 0. The molecule has 2 heterocycles. The molecule has 4 nitrogen and oxygen atoms in total. The quantitative estimate of drug-likeness (QED) is 0.838. The van der Waals surface area contributed by atoms with Gasteiger partial charge in [0.05, 0.1) is 29.1 Å². The molecular weight excluding hydrogens is 251 g/mol. The van der Waals surface area contributed by atoms with E-state index in [-0.39, 0.29) is 18.9 Å². The number of carbonyl (C=O) groups excluding carboxylic acids is 1. The minimum atomic E-state index is -0.652. The first kappa shape index (κ1) is 11.6. The van der Waals surface area contributed by atoms with Gasteiger partial charge < -0.3 is 5.11 Å². The molecule has 0 aromatic carbocycles. The van der Waals surface area contributed by atoms with Crippen LogP contribution in [0.2, 0.25) is 10.0 Å². The lowest BCUT2D eigenvalue weighted by Crippen LogP contribution is -2.26. The van der Waals surface area contributed by atoms with Crippen LogP contribution < -0.4 is 4.90 Å². The van der Waals surface area contributed by atoms with E-state index in [9.17, 15) is 9.90 Å². The Morgan fingerprint density at radius 2 is 2.25 bits per heavy atom. The number of aliphatic hydroxyl groups is 1. The predicted molar refractivity (Wildman–Crippen MR) is 62.0 cm³/mol. The summed E-state index contributed by atoms with van der Waals surface area (Å²) >= 11 is 11.9. The average Bonchev–Trinajstić information content (AvgIpc) is 2.55. The van der Waals surface area contributed by atoms with Crippen molar-refractivity contribution in [1.82, 2.24) is 4.98 Å². The number of β-amino-alcohol motifs (C(OH)–C–C–N with tert-alkyl or cyclic N) is 1. The molecule has 16 heavy (non-hydrogen) atoms. The molecule has 1 unspecified atom stereocenters. The third-order valence-electron chi connectivity index (χ3n) is 2.54. The van der Waals surface area contributed by atoms with Crippen LogP contribution in [0.4, 0.5) is 5.82 Å². The van der Waals surface area contributed by atoms with E-state index in [0.29, 0.717) is 21.4 Å². The van der Waals surface area contributed by atoms with E-state index >= 15 is 0 Å². The third kappa shape index (κ3) is 1.88. The smallest absolute Gasteiger partial charge is 0.230 e. The molecule has 1 saturated heterocycles.